The molecule has 2 aliphatic heterocycles. The van der Waals surface area contributed by atoms with Gasteiger partial charge in [-0.15, -0.1) is 0 Å². The highest BCUT2D eigenvalue weighted by molar-refractivity contribution is 5.78. The third-order valence-electron chi connectivity index (χ3n) is 5.32. The molecular weight excluding hydrogens is 316 g/mol. The fraction of sp³-hybridized carbons (Fsp3) is 0.684. The molecule has 25 heavy (non-hydrogen) atoms. The number of β-amino-alcohol motifs (C(OH)–C–C–N with tert-alkyl or cyclic N) is 1. The van der Waals surface area contributed by atoms with Crippen LogP contribution in [0.5, 0.6) is 0 Å². The van der Waals surface area contributed by atoms with Crippen molar-refractivity contribution in [3.05, 3.63) is 30.1 Å². The lowest BCUT2D eigenvalue weighted by Gasteiger charge is -2.41. The second-order valence-corrected chi connectivity index (χ2v) is 7.40. The zero-order valence-electron chi connectivity index (χ0n) is 15.2. The highest BCUT2D eigenvalue weighted by Crippen LogP contribution is 2.21. The number of hydrogen-bond acceptors (Lipinski definition) is 5. The summed E-state index contributed by atoms with van der Waals surface area (Å²) in [6, 6.07) is 6.38. The van der Waals surface area contributed by atoms with Crippen LogP contribution in [0, 0.1) is 0 Å². The molecule has 0 saturated carbocycles. The Morgan fingerprint density at radius 1 is 1.28 bits per heavy atom. The summed E-state index contributed by atoms with van der Waals surface area (Å²) >= 11 is 0. The van der Waals surface area contributed by atoms with Crippen molar-refractivity contribution in [1.29, 1.82) is 0 Å². The number of likely N-dealkylation sites (tertiary alicyclic amines) is 2. The van der Waals surface area contributed by atoms with Gasteiger partial charge in [-0.1, -0.05) is 6.07 Å². The lowest BCUT2D eigenvalue weighted by Crippen LogP contribution is -2.51. The first-order chi connectivity index (χ1) is 12.1. The fourth-order valence-corrected chi connectivity index (χ4v) is 3.95. The summed E-state index contributed by atoms with van der Waals surface area (Å²) in [5, 5.41) is 9.85. The predicted molar refractivity (Wildman–Crippen MR) is 97.0 cm³/mol. The summed E-state index contributed by atoms with van der Waals surface area (Å²) in [5.41, 5.74) is 0.986. The van der Waals surface area contributed by atoms with E-state index < -0.39 is 0 Å². The van der Waals surface area contributed by atoms with Gasteiger partial charge in [-0.05, 0) is 51.4 Å². The van der Waals surface area contributed by atoms with Gasteiger partial charge in [0.2, 0.25) is 5.91 Å². The van der Waals surface area contributed by atoms with E-state index >= 15 is 0 Å². The van der Waals surface area contributed by atoms with Gasteiger partial charge in [0.25, 0.3) is 0 Å². The van der Waals surface area contributed by atoms with Crippen molar-refractivity contribution in [2.45, 2.75) is 44.4 Å². The number of carbonyl (C=O) groups is 1. The van der Waals surface area contributed by atoms with Gasteiger partial charge in [0, 0.05) is 38.4 Å². The first-order valence-electron chi connectivity index (χ1n) is 9.40. The molecule has 2 fully saturated rings. The van der Waals surface area contributed by atoms with E-state index in [0.29, 0.717) is 19.1 Å². The van der Waals surface area contributed by atoms with E-state index in [9.17, 15) is 9.90 Å². The maximum Gasteiger partial charge on any atom is 0.236 e. The smallest absolute Gasteiger partial charge is 0.236 e. The highest BCUT2D eigenvalue weighted by atomic mass is 16.3. The average molecular weight is 346 g/mol. The van der Waals surface area contributed by atoms with E-state index in [4.69, 9.17) is 0 Å². The number of aliphatic hydroxyl groups is 1. The molecule has 0 unspecified atom stereocenters. The van der Waals surface area contributed by atoms with Crippen LogP contribution in [0.1, 0.15) is 31.4 Å². The molecule has 3 rings (SSSR count). The van der Waals surface area contributed by atoms with Crippen LogP contribution < -0.4 is 0 Å². The summed E-state index contributed by atoms with van der Waals surface area (Å²) < 4.78 is 0. The minimum absolute atomic E-state index is 0.173. The molecular formula is C19H30N4O2. The molecule has 1 aromatic heterocycles. The van der Waals surface area contributed by atoms with Crippen molar-refractivity contribution in [2.75, 3.05) is 39.8 Å². The Hall–Kier alpha value is -1.50. The Bertz CT molecular complexity index is 546. The molecule has 1 aromatic rings. The van der Waals surface area contributed by atoms with Crippen LogP contribution in [-0.4, -0.2) is 82.6 Å². The quantitative estimate of drug-likeness (QED) is 0.861. The molecule has 2 aliphatic rings. The van der Waals surface area contributed by atoms with Crippen LogP contribution in [-0.2, 0) is 11.3 Å². The molecule has 2 saturated heterocycles. The predicted octanol–water partition coefficient (Wildman–Crippen LogP) is 0.961. The van der Waals surface area contributed by atoms with Crippen LogP contribution >= 0.6 is 0 Å². The number of pyridine rings is 1. The SMILES string of the molecule is CN(CC(=O)N1CCC(N2CCC[C@@H](O)C2)CC1)Cc1ccccn1. The summed E-state index contributed by atoms with van der Waals surface area (Å²) in [6.45, 7) is 4.66. The van der Waals surface area contributed by atoms with Crippen LogP contribution in [0.2, 0.25) is 0 Å². The Morgan fingerprint density at radius 3 is 2.76 bits per heavy atom. The number of likely N-dealkylation sites (N-methyl/N-ethyl adjacent to an activating group) is 1. The molecule has 0 bridgehead atoms. The van der Waals surface area contributed by atoms with E-state index in [1.807, 2.05) is 35.0 Å². The molecule has 1 N–H and O–H groups in total. The molecule has 3 heterocycles. The summed E-state index contributed by atoms with van der Waals surface area (Å²) in [6.07, 6.45) is 5.65. The molecule has 1 atom stereocenters. The zero-order chi connectivity index (χ0) is 17.6. The Balaban J connectivity index is 1.42. The van der Waals surface area contributed by atoms with Gasteiger partial charge >= 0.3 is 0 Å². The van der Waals surface area contributed by atoms with Crippen molar-refractivity contribution in [1.82, 2.24) is 19.7 Å². The Labute approximate surface area is 150 Å². The third-order valence-corrected chi connectivity index (χ3v) is 5.32. The second-order valence-electron chi connectivity index (χ2n) is 7.40. The van der Waals surface area contributed by atoms with E-state index in [1.165, 1.54) is 0 Å². The van der Waals surface area contributed by atoms with Gasteiger partial charge in [-0.25, -0.2) is 0 Å². The Kier molecular flexibility index (Phi) is 6.39. The number of aliphatic hydroxyl groups excluding tert-OH is 1. The number of hydrogen-bond donors (Lipinski definition) is 1. The number of aromatic nitrogens is 1. The van der Waals surface area contributed by atoms with E-state index in [2.05, 4.69) is 9.88 Å². The van der Waals surface area contributed by atoms with Gasteiger partial charge in [-0.3, -0.25) is 19.6 Å². The van der Waals surface area contributed by atoms with Crippen molar-refractivity contribution in [3.8, 4) is 0 Å². The number of nitrogens with zero attached hydrogens (tertiary/aromatic N) is 4. The van der Waals surface area contributed by atoms with Gasteiger partial charge in [0.15, 0.2) is 0 Å². The minimum atomic E-state index is -0.173. The summed E-state index contributed by atoms with van der Waals surface area (Å²) in [4.78, 5) is 23.3. The van der Waals surface area contributed by atoms with E-state index in [-0.39, 0.29) is 12.0 Å². The summed E-state index contributed by atoms with van der Waals surface area (Å²) in [5.74, 6) is 0.204. The molecule has 0 aromatic carbocycles. The zero-order valence-corrected chi connectivity index (χ0v) is 15.2. The standard InChI is InChI=1S/C19H30N4O2/c1-21(13-16-5-2-3-9-20-16)15-19(25)22-11-7-17(8-12-22)23-10-4-6-18(24)14-23/h2-3,5,9,17-18,24H,4,6-8,10-15H2,1H3/t18-/m1/s1. The lowest BCUT2D eigenvalue weighted by atomic mass is 9.99. The van der Waals surface area contributed by atoms with Crippen molar-refractivity contribution >= 4 is 5.91 Å². The molecule has 6 heteroatoms. The first kappa shape index (κ1) is 18.3. The molecule has 0 spiro atoms. The largest absolute Gasteiger partial charge is 0.392 e. The maximum absolute atomic E-state index is 12.5. The van der Waals surface area contributed by atoms with Crippen LogP contribution in [0.15, 0.2) is 24.4 Å². The van der Waals surface area contributed by atoms with Crippen molar-refractivity contribution < 1.29 is 9.90 Å². The number of amides is 1. The monoisotopic (exact) mass is 346 g/mol. The van der Waals surface area contributed by atoms with Gasteiger partial charge < -0.3 is 10.0 Å². The number of rotatable bonds is 5. The minimum Gasteiger partial charge on any atom is -0.392 e. The normalized spacial score (nSPS) is 23.2. The second kappa shape index (κ2) is 8.74. The van der Waals surface area contributed by atoms with Gasteiger partial charge in [0.1, 0.15) is 0 Å². The molecule has 1 amide bonds. The third kappa shape index (κ3) is 5.23. The summed E-state index contributed by atoms with van der Waals surface area (Å²) in [7, 11) is 1.97. The lowest BCUT2D eigenvalue weighted by molar-refractivity contribution is -0.134. The van der Waals surface area contributed by atoms with Gasteiger partial charge in [0.05, 0.1) is 18.3 Å². The van der Waals surface area contributed by atoms with E-state index in [0.717, 1.165) is 57.6 Å². The van der Waals surface area contributed by atoms with E-state index in [1.54, 1.807) is 6.20 Å². The number of carbonyl (C=O) groups excluding carboxylic acids is 1. The van der Waals surface area contributed by atoms with Crippen molar-refractivity contribution in [2.24, 2.45) is 0 Å². The fourth-order valence-electron chi connectivity index (χ4n) is 3.95. The number of piperidine rings is 2. The maximum atomic E-state index is 12.5. The molecule has 6 nitrogen and oxygen atoms in total. The van der Waals surface area contributed by atoms with Crippen LogP contribution in [0.3, 0.4) is 0 Å². The van der Waals surface area contributed by atoms with Crippen LogP contribution in [0.4, 0.5) is 0 Å². The molecule has 0 aliphatic carbocycles. The molecule has 0 radical (unpaired) electrons. The first-order valence-corrected chi connectivity index (χ1v) is 9.40. The Morgan fingerprint density at radius 2 is 2.08 bits per heavy atom. The highest BCUT2D eigenvalue weighted by Gasteiger charge is 2.29. The average Bonchev–Trinajstić information content (AvgIpc) is 2.62. The van der Waals surface area contributed by atoms with Gasteiger partial charge in [-0.2, -0.15) is 0 Å². The topological polar surface area (TPSA) is 59.9 Å². The van der Waals surface area contributed by atoms with Crippen molar-refractivity contribution in [3.63, 3.8) is 0 Å². The van der Waals surface area contributed by atoms with Crippen LogP contribution in [0.25, 0.3) is 0 Å². The molecule has 138 valence electrons.